The quantitative estimate of drug-likeness (QED) is 0.858. The fraction of sp³-hybridized carbons (Fsp3) is 0.267. The van der Waals surface area contributed by atoms with Crippen LogP contribution >= 0.6 is 0 Å². The minimum Gasteiger partial charge on any atom is -0.340 e. The summed E-state index contributed by atoms with van der Waals surface area (Å²) in [5.41, 5.74) is 2.62. The molecule has 0 aliphatic carbocycles. The molecule has 2 N–H and O–H groups in total. The largest absolute Gasteiger partial charge is 0.340 e. The molecule has 0 aliphatic rings. The van der Waals surface area contributed by atoms with Crippen molar-refractivity contribution in [1.29, 1.82) is 0 Å². The average Bonchev–Trinajstić information content (AvgIpc) is 2.49. The highest BCUT2D eigenvalue weighted by Crippen LogP contribution is 2.17. The van der Waals surface area contributed by atoms with Crippen LogP contribution in [0.15, 0.2) is 42.6 Å². The summed E-state index contributed by atoms with van der Waals surface area (Å²) in [6, 6.07) is 11.5. The number of nitrogens with zero attached hydrogens (tertiary/aromatic N) is 2. The van der Waals surface area contributed by atoms with Gasteiger partial charge in [-0.3, -0.25) is 4.72 Å². The zero-order valence-corrected chi connectivity index (χ0v) is 13.7. The van der Waals surface area contributed by atoms with Crippen molar-refractivity contribution in [2.24, 2.45) is 0 Å². The van der Waals surface area contributed by atoms with Gasteiger partial charge in [0.05, 0.1) is 11.9 Å². The van der Waals surface area contributed by atoms with Crippen LogP contribution in [0.4, 0.5) is 17.2 Å². The zero-order valence-electron chi connectivity index (χ0n) is 12.9. The molecule has 118 valence electrons. The van der Waals surface area contributed by atoms with Gasteiger partial charge in [0.25, 0.3) is 0 Å². The molecule has 0 fully saturated rings. The molecule has 2 aromatic rings. The maximum absolute atomic E-state index is 11.7. The van der Waals surface area contributed by atoms with E-state index in [2.05, 4.69) is 34.1 Å². The number of benzene rings is 1. The molecule has 2 rings (SSSR count). The van der Waals surface area contributed by atoms with E-state index in [9.17, 15) is 8.42 Å². The molecule has 0 radical (unpaired) electrons. The highest BCUT2D eigenvalue weighted by Gasteiger charge is 2.12. The summed E-state index contributed by atoms with van der Waals surface area (Å²) >= 11 is 0. The van der Waals surface area contributed by atoms with Gasteiger partial charge >= 0.3 is 10.2 Å². The molecule has 0 saturated heterocycles. The second-order valence-corrected chi connectivity index (χ2v) is 6.88. The summed E-state index contributed by atoms with van der Waals surface area (Å²) in [6.07, 6.45) is 2.48. The molecular formula is C15H20N4O2S. The van der Waals surface area contributed by atoms with Crippen molar-refractivity contribution in [3.8, 4) is 0 Å². The van der Waals surface area contributed by atoms with Crippen molar-refractivity contribution < 1.29 is 8.42 Å². The van der Waals surface area contributed by atoms with Crippen molar-refractivity contribution in [3.63, 3.8) is 0 Å². The Labute approximate surface area is 131 Å². The lowest BCUT2D eigenvalue weighted by molar-refractivity contribution is 0.527. The average molecular weight is 320 g/mol. The van der Waals surface area contributed by atoms with Gasteiger partial charge in [-0.25, -0.2) is 4.98 Å². The van der Waals surface area contributed by atoms with Gasteiger partial charge in [0.1, 0.15) is 5.82 Å². The molecular weight excluding hydrogens is 300 g/mol. The Bertz CT molecular complexity index is 710. The second-order valence-electron chi connectivity index (χ2n) is 5.00. The predicted molar refractivity (Wildman–Crippen MR) is 89.6 cm³/mol. The fourth-order valence-electron chi connectivity index (χ4n) is 1.74. The van der Waals surface area contributed by atoms with Crippen molar-refractivity contribution in [1.82, 2.24) is 9.29 Å². The Kier molecular flexibility index (Phi) is 4.99. The number of pyridine rings is 1. The number of aromatic nitrogens is 1. The van der Waals surface area contributed by atoms with Crippen LogP contribution in [0, 0.1) is 0 Å². The Balaban J connectivity index is 2.05. The van der Waals surface area contributed by atoms with Gasteiger partial charge in [-0.05, 0) is 36.2 Å². The van der Waals surface area contributed by atoms with E-state index in [1.807, 2.05) is 12.1 Å². The first-order chi connectivity index (χ1) is 10.4. The Morgan fingerprint density at radius 1 is 1.05 bits per heavy atom. The van der Waals surface area contributed by atoms with E-state index in [4.69, 9.17) is 0 Å². The van der Waals surface area contributed by atoms with Crippen LogP contribution in [0.1, 0.15) is 12.5 Å². The highest BCUT2D eigenvalue weighted by atomic mass is 32.2. The van der Waals surface area contributed by atoms with Crippen LogP contribution in [-0.2, 0) is 16.6 Å². The molecule has 6 nitrogen and oxygen atoms in total. The van der Waals surface area contributed by atoms with Gasteiger partial charge in [0.2, 0.25) is 0 Å². The predicted octanol–water partition coefficient (Wildman–Crippen LogP) is 2.61. The molecule has 0 unspecified atom stereocenters. The minimum absolute atomic E-state index is 0.417. The lowest BCUT2D eigenvalue weighted by Crippen LogP contribution is -2.28. The van der Waals surface area contributed by atoms with E-state index < -0.39 is 10.2 Å². The molecule has 1 aromatic carbocycles. The minimum atomic E-state index is -3.51. The number of aryl methyl sites for hydroxylation is 1. The Morgan fingerprint density at radius 3 is 2.18 bits per heavy atom. The van der Waals surface area contributed by atoms with Crippen LogP contribution in [0.5, 0.6) is 0 Å². The van der Waals surface area contributed by atoms with Crippen molar-refractivity contribution in [3.05, 3.63) is 48.2 Å². The molecule has 0 saturated carbocycles. The smallest absolute Gasteiger partial charge is 0.301 e. The molecule has 1 aromatic heterocycles. The van der Waals surface area contributed by atoms with Gasteiger partial charge in [-0.2, -0.15) is 12.7 Å². The summed E-state index contributed by atoms with van der Waals surface area (Å²) in [6.45, 7) is 2.11. The molecule has 22 heavy (non-hydrogen) atoms. The number of nitrogens with one attached hydrogen (secondary N) is 2. The van der Waals surface area contributed by atoms with E-state index >= 15 is 0 Å². The monoisotopic (exact) mass is 320 g/mol. The summed E-state index contributed by atoms with van der Waals surface area (Å²) in [4.78, 5) is 4.20. The van der Waals surface area contributed by atoms with Gasteiger partial charge in [-0.1, -0.05) is 19.1 Å². The summed E-state index contributed by atoms with van der Waals surface area (Å²) < 4.78 is 27.0. The molecule has 0 spiro atoms. The third kappa shape index (κ3) is 4.19. The van der Waals surface area contributed by atoms with Gasteiger partial charge in [0, 0.05) is 19.8 Å². The Morgan fingerprint density at radius 2 is 1.68 bits per heavy atom. The highest BCUT2D eigenvalue weighted by molar-refractivity contribution is 7.90. The zero-order chi connectivity index (χ0) is 16.2. The molecule has 0 bridgehead atoms. The van der Waals surface area contributed by atoms with E-state index in [-0.39, 0.29) is 0 Å². The topological polar surface area (TPSA) is 74.3 Å². The van der Waals surface area contributed by atoms with Crippen molar-refractivity contribution in [2.45, 2.75) is 13.3 Å². The van der Waals surface area contributed by atoms with Crippen LogP contribution in [0.25, 0.3) is 0 Å². The van der Waals surface area contributed by atoms with Crippen LogP contribution in [0.3, 0.4) is 0 Å². The molecule has 0 atom stereocenters. The third-order valence-corrected chi connectivity index (χ3v) is 4.58. The van der Waals surface area contributed by atoms with Crippen LogP contribution < -0.4 is 10.0 Å². The molecule has 7 heteroatoms. The Hall–Kier alpha value is -2.12. The first kappa shape index (κ1) is 16.3. The van der Waals surface area contributed by atoms with Crippen molar-refractivity contribution >= 4 is 27.4 Å². The normalized spacial score (nSPS) is 11.5. The lowest BCUT2D eigenvalue weighted by atomic mass is 10.1. The fourth-order valence-corrected chi connectivity index (χ4v) is 2.34. The SMILES string of the molecule is CCc1ccc(Nc2ccc(NS(=O)(=O)N(C)C)cn2)cc1. The van der Waals surface area contributed by atoms with Gasteiger partial charge in [-0.15, -0.1) is 0 Å². The second kappa shape index (κ2) is 6.76. The lowest BCUT2D eigenvalue weighted by Gasteiger charge is -2.13. The van der Waals surface area contributed by atoms with Crippen LogP contribution in [0.2, 0.25) is 0 Å². The maximum atomic E-state index is 11.7. The van der Waals surface area contributed by atoms with E-state index in [1.165, 1.54) is 25.9 Å². The summed E-state index contributed by atoms with van der Waals surface area (Å²) in [7, 11) is -0.580. The van der Waals surface area contributed by atoms with E-state index in [0.29, 0.717) is 11.5 Å². The van der Waals surface area contributed by atoms with Crippen molar-refractivity contribution in [2.75, 3.05) is 24.1 Å². The van der Waals surface area contributed by atoms with Gasteiger partial charge < -0.3 is 5.32 Å². The number of hydrogen-bond acceptors (Lipinski definition) is 4. The van der Waals surface area contributed by atoms with Gasteiger partial charge in [0.15, 0.2) is 0 Å². The summed E-state index contributed by atoms with van der Waals surface area (Å²) in [5.74, 6) is 0.650. The number of rotatable bonds is 6. The number of anilines is 3. The van der Waals surface area contributed by atoms with Crippen LogP contribution in [-0.4, -0.2) is 31.8 Å². The molecule has 1 heterocycles. The molecule has 0 aliphatic heterocycles. The number of hydrogen-bond donors (Lipinski definition) is 2. The van der Waals surface area contributed by atoms with E-state index in [0.717, 1.165) is 16.4 Å². The maximum Gasteiger partial charge on any atom is 0.301 e. The summed E-state index contributed by atoms with van der Waals surface area (Å²) in [5, 5.41) is 3.17. The first-order valence-corrected chi connectivity index (χ1v) is 8.37. The third-order valence-electron chi connectivity index (χ3n) is 3.13. The molecule has 0 amide bonds. The first-order valence-electron chi connectivity index (χ1n) is 6.93. The van der Waals surface area contributed by atoms with E-state index in [1.54, 1.807) is 12.1 Å². The standard InChI is InChI=1S/C15H20N4O2S/c1-4-12-5-7-13(8-6-12)17-15-10-9-14(11-16-15)18-22(20,21)19(2)3/h5-11,18H,4H2,1-3H3,(H,16,17).